The number of hydrogen-bond acceptors (Lipinski definition) is 3. The van der Waals surface area contributed by atoms with Crippen molar-refractivity contribution < 1.29 is 8.42 Å². The molecule has 0 N–H and O–H groups in total. The van der Waals surface area contributed by atoms with Crippen LogP contribution in [0.2, 0.25) is 0 Å². The van der Waals surface area contributed by atoms with E-state index in [9.17, 15) is 8.42 Å². The molecule has 1 atom stereocenters. The number of hydrogen-bond donors (Lipinski definition) is 0. The minimum absolute atomic E-state index is 0.0729. The highest BCUT2D eigenvalue weighted by Gasteiger charge is 2.27. The Bertz CT molecular complexity index is 236. The molecule has 50 valence electrons. The van der Waals surface area contributed by atoms with Crippen molar-refractivity contribution in [2.24, 2.45) is 5.92 Å². The van der Waals surface area contributed by atoms with Gasteiger partial charge >= 0.3 is 0 Å². The van der Waals surface area contributed by atoms with Crippen molar-refractivity contribution in [2.75, 3.05) is 11.5 Å². The molecule has 0 aromatic rings. The van der Waals surface area contributed by atoms with Gasteiger partial charge in [-0.25, -0.2) is 8.42 Å². The van der Waals surface area contributed by atoms with Gasteiger partial charge in [0.25, 0.3) is 0 Å². The summed E-state index contributed by atoms with van der Waals surface area (Å²) in [4.78, 5) is 0. The van der Waals surface area contributed by atoms with E-state index in [4.69, 9.17) is 5.26 Å². The van der Waals surface area contributed by atoms with Crippen LogP contribution in [0.1, 0.15) is 6.42 Å². The van der Waals surface area contributed by atoms with Gasteiger partial charge in [-0.05, 0) is 6.42 Å². The Hall–Kier alpha value is -0.560. The fourth-order valence-corrected chi connectivity index (χ4v) is 2.56. The van der Waals surface area contributed by atoms with Gasteiger partial charge < -0.3 is 0 Å². The summed E-state index contributed by atoms with van der Waals surface area (Å²) in [6.45, 7) is 0. The Kier molecular flexibility index (Phi) is 1.45. The average Bonchev–Trinajstić information content (AvgIpc) is 2.10. The lowest BCUT2D eigenvalue weighted by Gasteiger charge is -1.87. The zero-order valence-corrected chi connectivity index (χ0v) is 5.69. The minimum atomic E-state index is -2.83. The SMILES string of the molecule is N#CC1CCS(=O)(=O)C1. The van der Waals surface area contributed by atoms with E-state index < -0.39 is 9.84 Å². The molecular formula is C5H7NO2S. The van der Waals surface area contributed by atoms with Crippen molar-refractivity contribution in [1.82, 2.24) is 0 Å². The van der Waals surface area contributed by atoms with Crippen molar-refractivity contribution in [1.29, 1.82) is 5.26 Å². The third kappa shape index (κ3) is 1.42. The van der Waals surface area contributed by atoms with Crippen LogP contribution in [-0.4, -0.2) is 19.9 Å². The van der Waals surface area contributed by atoms with Crippen molar-refractivity contribution in [2.45, 2.75) is 6.42 Å². The lowest BCUT2D eigenvalue weighted by atomic mass is 10.2. The second-order valence-corrected chi connectivity index (χ2v) is 4.46. The van der Waals surface area contributed by atoms with Crippen LogP contribution < -0.4 is 0 Å². The third-order valence-corrected chi connectivity index (χ3v) is 3.18. The lowest BCUT2D eigenvalue weighted by Crippen LogP contribution is -2.02. The zero-order valence-electron chi connectivity index (χ0n) is 4.87. The normalized spacial score (nSPS) is 31.7. The summed E-state index contributed by atoms with van der Waals surface area (Å²) in [5.41, 5.74) is 0. The monoisotopic (exact) mass is 145 g/mol. The number of nitriles is 1. The van der Waals surface area contributed by atoms with Crippen LogP contribution in [0.15, 0.2) is 0 Å². The molecule has 1 saturated heterocycles. The van der Waals surface area contributed by atoms with Gasteiger partial charge in [0.1, 0.15) is 0 Å². The van der Waals surface area contributed by atoms with Gasteiger partial charge in [-0.15, -0.1) is 0 Å². The van der Waals surface area contributed by atoms with Gasteiger partial charge in [-0.1, -0.05) is 0 Å². The molecule has 0 aliphatic carbocycles. The highest BCUT2D eigenvalue weighted by Crippen LogP contribution is 2.16. The summed E-state index contributed by atoms with van der Waals surface area (Å²) in [5, 5.41) is 8.28. The van der Waals surface area contributed by atoms with E-state index in [0.717, 1.165) is 0 Å². The molecule has 0 saturated carbocycles. The first-order valence-corrected chi connectivity index (χ1v) is 4.56. The molecule has 0 amide bonds. The van der Waals surface area contributed by atoms with E-state index >= 15 is 0 Å². The van der Waals surface area contributed by atoms with E-state index in [1.807, 2.05) is 6.07 Å². The van der Waals surface area contributed by atoms with Crippen LogP contribution in [0, 0.1) is 17.2 Å². The summed E-state index contributed by atoms with van der Waals surface area (Å²) in [5.74, 6) is 0.0318. The fraction of sp³-hybridized carbons (Fsp3) is 0.800. The first kappa shape index (κ1) is 6.56. The van der Waals surface area contributed by atoms with Crippen LogP contribution >= 0.6 is 0 Å². The van der Waals surface area contributed by atoms with Gasteiger partial charge in [0, 0.05) is 0 Å². The smallest absolute Gasteiger partial charge is 0.151 e. The van der Waals surface area contributed by atoms with Gasteiger partial charge in [-0.2, -0.15) is 5.26 Å². The number of nitrogens with zero attached hydrogens (tertiary/aromatic N) is 1. The van der Waals surface area contributed by atoms with Crippen molar-refractivity contribution in [3.05, 3.63) is 0 Å². The molecule has 1 heterocycles. The topological polar surface area (TPSA) is 57.9 Å². The maximum absolute atomic E-state index is 10.6. The van der Waals surface area contributed by atoms with Crippen molar-refractivity contribution in [3.63, 3.8) is 0 Å². The van der Waals surface area contributed by atoms with Gasteiger partial charge in [0.05, 0.1) is 23.5 Å². The summed E-state index contributed by atoms with van der Waals surface area (Å²) in [6.07, 6.45) is 0.527. The van der Waals surface area contributed by atoms with E-state index in [1.165, 1.54) is 0 Å². The van der Waals surface area contributed by atoms with Gasteiger partial charge in [-0.3, -0.25) is 0 Å². The summed E-state index contributed by atoms with van der Waals surface area (Å²) < 4.78 is 21.3. The van der Waals surface area contributed by atoms with E-state index in [2.05, 4.69) is 0 Å². The van der Waals surface area contributed by atoms with Crippen molar-refractivity contribution >= 4 is 9.84 Å². The molecule has 0 spiro atoms. The van der Waals surface area contributed by atoms with Gasteiger partial charge in [0.2, 0.25) is 0 Å². The zero-order chi connectivity index (χ0) is 6.91. The summed E-state index contributed by atoms with van der Waals surface area (Å²) in [6, 6.07) is 1.94. The number of sulfone groups is 1. The lowest BCUT2D eigenvalue weighted by molar-refractivity contribution is 0.601. The summed E-state index contributed by atoms with van der Waals surface area (Å²) >= 11 is 0. The second-order valence-electron chi connectivity index (χ2n) is 2.23. The highest BCUT2D eigenvalue weighted by atomic mass is 32.2. The van der Waals surface area contributed by atoms with Crippen molar-refractivity contribution in [3.8, 4) is 6.07 Å². The molecule has 4 heteroatoms. The Morgan fingerprint density at radius 3 is 2.44 bits per heavy atom. The standard InChI is InChI=1S/C5H7NO2S/c6-3-5-1-2-9(7,8)4-5/h5H,1-2,4H2. The van der Waals surface area contributed by atoms with Crippen LogP contribution in [0.4, 0.5) is 0 Å². The molecule has 1 rings (SSSR count). The highest BCUT2D eigenvalue weighted by molar-refractivity contribution is 7.91. The largest absolute Gasteiger partial charge is 0.229 e. The van der Waals surface area contributed by atoms with Crippen LogP contribution in [-0.2, 0) is 9.84 Å². The molecular weight excluding hydrogens is 138 g/mol. The number of rotatable bonds is 0. The predicted molar refractivity (Wildman–Crippen MR) is 32.4 cm³/mol. The maximum Gasteiger partial charge on any atom is 0.151 e. The van der Waals surface area contributed by atoms with E-state index in [1.54, 1.807) is 0 Å². The van der Waals surface area contributed by atoms with Crippen LogP contribution in [0.25, 0.3) is 0 Å². The predicted octanol–water partition coefficient (Wildman–Crippen LogP) is -0.0553. The molecule has 1 aliphatic heterocycles. The van der Waals surface area contributed by atoms with Gasteiger partial charge in [0.15, 0.2) is 9.84 Å². The molecule has 1 unspecified atom stereocenters. The molecule has 1 aliphatic rings. The molecule has 0 bridgehead atoms. The average molecular weight is 145 g/mol. The third-order valence-electron chi connectivity index (χ3n) is 1.42. The molecule has 1 fully saturated rings. The molecule has 0 aromatic carbocycles. The molecule has 3 nitrogen and oxygen atoms in total. The fourth-order valence-electron chi connectivity index (χ4n) is 0.897. The Morgan fingerprint density at radius 1 is 1.56 bits per heavy atom. The molecule has 0 radical (unpaired) electrons. The van der Waals surface area contributed by atoms with E-state index in [0.29, 0.717) is 6.42 Å². The summed E-state index contributed by atoms with van der Waals surface area (Å²) in [7, 11) is -2.83. The van der Waals surface area contributed by atoms with E-state index in [-0.39, 0.29) is 17.4 Å². The maximum atomic E-state index is 10.6. The second kappa shape index (κ2) is 1.99. The quantitative estimate of drug-likeness (QED) is 0.480. The molecule has 9 heavy (non-hydrogen) atoms. The first-order valence-electron chi connectivity index (χ1n) is 2.74. The Morgan fingerprint density at radius 2 is 2.22 bits per heavy atom. The first-order chi connectivity index (χ1) is 4.14. The molecule has 0 aromatic heterocycles. The Labute approximate surface area is 54.2 Å². The van der Waals surface area contributed by atoms with Crippen LogP contribution in [0.5, 0.6) is 0 Å². The van der Waals surface area contributed by atoms with Crippen LogP contribution in [0.3, 0.4) is 0 Å². The minimum Gasteiger partial charge on any atom is -0.229 e. The Balaban J connectivity index is 2.72.